The third kappa shape index (κ3) is 6.41. The normalized spacial score (nSPS) is 11.0. The molecule has 0 fully saturated rings. The lowest BCUT2D eigenvalue weighted by molar-refractivity contribution is 0.110. The predicted octanol–water partition coefficient (Wildman–Crippen LogP) is 1.87. The lowest BCUT2D eigenvalue weighted by atomic mass is 10.2. The van der Waals surface area contributed by atoms with Crippen molar-refractivity contribution in [2.24, 2.45) is 5.73 Å². The predicted molar refractivity (Wildman–Crippen MR) is 71.9 cm³/mol. The van der Waals surface area contributed by atoms with Crippen molar-refractivity contribution in [1.82, 2.24) is 4.90 Å². The standard InChI is InChI=1S/C14H24N2O/c1-2-17-12-11-16(10-6-9-15)13-14-7-4-3-5-8-14/h3-5,7-8H,2,6,9-13,15H2,1H3. The van der Waals surface area contributed by atoms with Crippen molar-refractivity contribution in [3.05, 3.63) is 35.9 Å². The first-order valence-electron chi connectivity index (χ1n) is 6.41. The van der Waals surface area contributed by atoms with E-state index in [4.69, 9.17) is 10.5 Å². The quantitative estimate of drug-likeness (QED) is 0.665. The molecule has 0 aliphatic carbocycles. The maximum absolute atomic E-state index is 5.57. The molecule has 0 aliphatic heterocycles. The van der Waals surface area contributed by atoms with Crippen LogP contribution in [0, 0.1) is 0 Å². The lowest BCUT2D eigenvalue weighted by Crippen LogP contribution is -2.29. The Hall–Kier alpha value is -0.900. The van der Waals surface area contributed by atoms with E-state index in [0.717, 1.165) is 45.8 Å². The van der Waals surface area contributed by atoms with Gasteiger partial charge in [-0.15, -0.1) is 0 Å². The van der Waals surface area contributed by atoms with Crippen LogP contribution < -0.4 is 5.73 Å². The highest BCUT2D eigenvalue weighted by molar-refractivity contribution is 5.14. The van der Waals surface area contributed by atoms with Crippen molar-refractivity contribution in [3.8, 4) is 0 Å². The minimum absolute atomic E-state index is 0.750. The Morgan fingerprint density at radius 3 is 2.59 bits per heavy atom. The van der Waals surface area contributed by atoms with Gasteiger partial charge in [-0.2, -0.15) is 0 Å². The molecule has 0 heterocycles. The molecule has 0 saturated carbocycles. The van der Waals surface area contributed by atoms with Gasteiger partial charge in [0, 0.05) is 19.7 Å². The van der Waals surface area contributed by atoms with Gasteiger partial charge < -0.3 is 10.5 Å². The third-order valence-corrected chi connectivity index (χ3v) is 2.68. The molecule has 1 rings (SSSR count). The summed E-state index contributed by atoms with van der Waals surface area (Å²) < 4.78 is 5.41. The summed E-state index contributed by atoms with van der Waals surface area (Å²) >= 11 is 0. The number of benzene rings is 1. The van der Waals surface area contributed by atoms with Gasteiger partial charge in [-0.25, -0.2) is 0 Å². The summed E-state index contributed by atoms with van der Waals surface area (Å²) in [7, 11) is 0. The van der Waals surface area contributed by atoms with Crippen molar-refractivity contribution >= 4 is 0 Å². The van der Waals surface area contributed by atoms with Gasteiger partial charge in [0.1, 0.15) is 0 Å². The van der Waals surface area contributed by atoms with Gasteiger partial charge >= 0.3 is 0 Å². The van der Waals surface area contributed by atoms with Gasteiger partial charge in [-0.1, -0.05) is 30.3 Å². The number of hydrogen-bond acceptors (Lipinski definition) is 3. The van der Waals surface area contributed by atoms with Crippen LogP contribution in [0.25, 0.3) is 0 Å². The summed E-state index contributed by atoms with van der Waals surface area (Å²) in [6, 6.07) is 10.5. The fourth-order valence-electron chi connectivity index (χ4n) is 1.76. The van der Waals surface area contributed by atoms with E-state index < -0.39 is 0 Å². The molecule has 3 nitrogen and oxygen atoms in total. The topological polar surface area (TPSA) is 38.5 Å². The molecule has 0 saturated heterocycles. The highest BCUT2D eigenvalue weighted by Crippen LogP contribution is 2.04. The molecule has 1 aromatic rings. The molecule has 0 radical (unpaired) electrons. The van der Waals surface area contributed by atoms with E-state index in [1.165, 1.54) is 5.56 Å². The molecule has 96 valence electrons. The Balaban J connectivity index is 2.39. The van der Waals surface area contributed by atoms with Crippen LogP contribution in [-0.4, -0.2) is 37.7 Å². The number of nitrogens with zero attached hydrogens (tertiary/aromatic N) is 1. The molecule has 0 atom stereocenters. The zero-order chi connectivity index (χ0) is 12.3. The maximum Gasteiger partial charge on any atom is 0.0593 e. The fourth-order valence-corrected chi connectivity index (χ4v) is 1.76. The van der Waals surface area contributed by atoms with Crippen molar-refractivity contribution < 1.29 is 4.74 Å². The van der Waals surface area contributed by atoms with Crippen LogP contribution in [-0.2, 0) is 11.3 Å². The van der Waals surface area contributed by atoms with Crippen LogP contribution in [0.1, 0.15) is 18.9 Å². The van der Waals surface area contributed by atoms with Crippen LogP contribution in [0.2, 0.25) is 0 Å². The minimum atomic E-state index is 0.750. The molecule has 17 heavy (non-hydrogen) atoms. The third-order valence-electron chi connectivity index (χ3n) is 2.68. The van der Waals surface area contributed by atoms with Crippen molar-refractivity contribution in [2.45, 2.75) is 19.9 Å². The molecule has 2 N–H and O–H groups in total. The Bertz CT molecular complexity index is 277. The van der Waals surface area contributed by atoms with E-state index >= 15 is 0 Å². The molecule has 0 amide bonds. The van der Waals surface area contributed by atoms with Gasteiger partial charge in [0.15, 0.2) is 0 Å². The molecule has 0 aromatic heterocycles. The number of hydrogen-bond donors (Lipinski definition) is 1. The zero-order valence-electron chi connectivity index (χ0n) is 10.8. The van der Waals surface area contributed by atoms with E-state index in [0.29, 0.717) is 0 Å². The SMILES string of the molecule is CCOCCN(CCCN)Cc1ccccc1. The summed E-state index contributed by atoms with van der Waals surface area (Å²) in [5.41, 5.74) is 6.92. The Labute approximate surface area is 105 Å². The first-order chi connectivity index (χ1) is 8.36. The summed E-state index contributed by atoms with van der Waals surface area (Å²) in [4.78, 5) is 2.40. The van der Waals surface area contributed by atoms with Crippen LogP contribution in [0.4, 0.5) is 0 Å². The smallest absolute Gasteiger partial charge is 0.0593 e. The molecule has 1 aromatic carbocycles. The molecule has 0 aliphatic rings. The number of rotatable bonds is 9. The van der Waals surface area contributed by atoms with Gasteiger partial charge in [-0.3, -0.25) is 4.90 Å². The first-order valence-corrected chi connectivity index (χ1v) is 6.41. The van der Waals surface area contributed by atoms with E-state index in [1.807, 2.05) is 13.0 Å². The largest absolute Gasteiger partial charge is 0.380 e. The molecule has 0 spiro atoms. The van der Waals surface area contributed by atoms with Gasteiger partial charge in [0.2, 0.25) is 0 Å². The van der Waals surface area contributed by atoms with Gasteiger partial charge in [0.25, 0.3) is 0 Å². The fraction of sp³-hybridized carbons (Fsp3) is 0.571. The zero-order valence-corrected chi connectivity index (χ0v) is 10.8. The molecule has 0 bridgehead atoms. The van der Waals surface area contributed by atoms with Crippen LogP contribution in [0.15, 0.2) is 30.3 Å². The molecule has 0 unspecified atom stereocenters. The van der Waals surface area contributed by atoms with Gasteiger partial charge in [-0.05, 0) is 32.0 Å². The van der Waals surface area contributed by atoms with E-state index in [9.17, 15) is 0 Å². The van der Waals surface area contributed by atoms with Crippen LogP contribution in [0.5, 0.6) is 0 Å². The summed E-state index contributed by atoms with van der Waals surface area (Å²) in [6.45, 7) is 7.36. The second-order valence-corrected chi connectivity index (χ2v) is 4.10. The van der Waals surface area contributed by atoms with E-state index in [-0.39, 0.29) is 0 Å². The Kier molecular flexibility index (Phi) is 7.63. The Morgan fingerprint density at radius 1 is 1.18 bits per heavy atom. The van der Waals surface area contributed by atoms with Crippen LogP contribution >= 0.6 is 0 Å². The van der Waals surface area contributed by atoms with Crippen molar-refractivity contribution in [3.63, 3.8) is 0 Å². The molecular formula is C14H24N2O. The summed E-state index contributed by atoms with van der Waals surface area (Å²) in [6.07, 6.45) is 1.04. The molecular weight excluding hydrogens is 212 g/mol. The van der Waals surface area contributed by atoms with E-state index in [1.54, 1.807) is 0 Å². The average molecular weight is 236 g/mol. The summed E-state index contributed by atoms with van der Waals surface area (Å²) in [5.74, 6) is 0. The average Bonchev–Trinajstić information content (AvgIpc) is 2.37. The second-order valence-electron chi connectivity index (χ2n) is 4.10. The van der Waals surface area contributed by atoms with Crippen LogP contribution in [0.3, 0.4) is 0 Å². The number of ether oxygens (including phenoxy) is 1. The number of nitrogens with two attached hydrogens (primary N) is 1. The Morgan fingerprint density at radius 2 is 1.94 bits per heavy atom. The highest BCUT2D eigenvalue weighted by Gasteiger charge is 2.05. The second kappa shape index (κ2) is 9.16. The minimum Gasteiger partial charge on any atom is -0.380 e. The van der Waals surface area contributed by atoms with Crippen molar-refractivity contribution in [2.75, 3.05) is 32.8 Å². The monoisotopic (exact) mass is 236 g/mol. The first kappa shape index (κ1) is 14.2. The highest BCUT2D eigenvalue weighted by atomic mass is 16.5. The lowest BCUT2D eigenvalue weighted by Gasteiger charge is -2.22. The van der Waals surface area contributed by atoms with Crippen molar-refractivity contribution in [1.29, 1.82) is 0 Å². The van der Waals surface area contributed by atoms with E-state index in [2.05, 4.69) is 29.2 Å². The van der Waals surface area contributed by atoms with Gasteiger partial charge in [0.05, 0.1) is 6.61 Å². The summed E-state index contributed by atoms with van der Waals surface area (Å²) in [5, 5.41) is 0. The molecule has 3 heteroatoms. The maximum atomic E-state index is 5.57.